The van der Waals surface area contributed by atoms with Gasteiger partial charge in [-0.05, 0) is 53.3 Å². The number of hydrogen-bond donors (Lipinski definition) is 2. The topological polar surface area (TPSA) is 36.4 Å². The van der Waals surface area contributed by atoms with E-state index < -0.39 is 0 Å². The number of fused-ring (bicyclic) bond motifs is 1. The van der Waals surface area contributed by atoms with E-state index in [-0.39, 0.29) is 0 Å². The van der Waals surface area contributed by atoms with Crippen molar-refractivity contribution in [3.8, 4) is 0 Å². The number of benzene rings is 3. The SMILES string of the molecule is Cc1ccccc1CN=C1NSc2cccc(Cc3ccccc3Cl)c2N1. The van der Waals surface area contributed by atoms with Gasteiger partial charge in [0.1, 0.15) is 0 Å². The Kier molecular flexibility index (Phi) is 5.37. The highest BCUT2D eigenvalue weighted by molar-refractivity contribution is 7.98. The number of aliphatic imine (C=N–C) groups is 1. The fraction of sp³-hybridized carbons (Fsp3) is 0.136. The van der Waals surface area contributed by atoms with Gasteiger partial charge in [-0.25, -0.2) is 4.99 Å². The molecule has 27 heavy (non-hydrogen) atoms. The number of anilines is 1. The zero-order valence-electron chi connectivity index (χ0n) is 15.0. The number of rotatable bonds is 4. The van der Waals surface area contributed by atoms with Crippen LogP contribution < -0.4 is 10.0 Å². The summed E-state index contributed by atoms with van der Waals surface area (Å²) < 4.78 is 3.30. The van der Waals surface area contributed by atoms with E-state index in [2.05, 4.69) is 65.5 Å². The minimum absolute atomic E-state index is 0.643. The van der Waals surface area contributed by atoms with E-state index in [1.165, 1.54) is 16.7 Å². The number of hydrogen-bond acceptors (Lipinski definition) is 2. The monoisotopic (exact) mass is 393 g/mol. The summed E-state index contributed by atoms with van der Waals surface area (Å²) in [6.07, 6.45) is 0.779. The van der Waals surface area contributed by atoms with E-state index in [0.717, 1.165) is 33.5 Å². The van der Waals surface area contributed by atoms with Gasteiger partial charge in [-0.3, -0.25) is 4.72 Å². The summed E-state index contributed by atoms with van der Waals surface area (Å²) in [5.74, 6) is 0.780. The third kappa shape index (κ3) is 4.12. The summed E-state index contributed by atoms with van der Waals surface area (Å²) in [4.78, 5) is 5.89. The summed E-state index contributed by atoms with van der Waals surface area (Å²) in [6.45, 7) is 2.76. The molecule has 136 valence electrons. The van der Waals surface area contributed by atoms with Gasteiger partial charge in [0.05, 0.1) is 17.1 Å². The highest BCUT2D eigenvalue weighted by Crippen LogP contribution is 2.34. The van der Waals surface area contributed by atoms with Gasteiger partial charge in [-0.2, -0.15) is 0 Å². The smallest absolute Gasteiger partial charge is 0.206 e. The first-order chi connectivity index (χ1) is 13.2. The van der Waals surface area contributed by atoms with E-state index >= 15 is 0 Å². The maximum atomic E-state index is 6.36. The number of halogens is 1. The van der Waals surface area contributed by atoms with Crippen LogP contribution in [0.5, 0.6) is 0 Å². The van der Waals surface area contributed by atoms with Crippen molar-refractivity contribution in [1.82, 2.24) is 4.72 Å². The Morgan fingerprint density at radius 1 is 0.889 bits per heavy atom. The van der Waals surface area contributed by atoms with Crippen LogP contribution in [0.4, 0.5) is 5.69 Å². The number of guanidine groups is 1. The molecule has 0 atom stereocenters. The summed E-state index contributed by atoms with van der Waals surface area (Å²) in [6, 6.07) is 22.6. The first-order valence-electron chi connectivity index (χ1n) is 8.85. The van der Waals surface area contributed by atoms with E-state index in [1.54, 1.807) is 11.9 Å². The Balaban J connectivity index is 1.57. The molecule has 0 amide bonds. The van der Waals surface area contributed by atoms with Gasteiger partial charge in [-0.15, -0.1) is 0 Å². The van der Waals surface area contributed by atoms with E-state index in [1.807, 2.05) is 18.2 Å². The van der Waals surface area contributed by atoms with Crippen LogP contribution in [-0.2, 0) is 13.0 Å². The molecule has 0 aliphatic carbocycles. The molecular weight excluding hydrogens is 374 g/mol. The Hall–Kier alpha value is -2.43. The maximum Gasteiger partial charge on any atom is 0.206 e. The van der Waals surface area contributed by atoms with Crippen molar-refractivity contribution in [3.63, 3.8) is 0 Å². The van der Waals surface area contributed by atoms with Crippen LogP contribution in [0.3, 0.4) is 0 Å². The maximum absolute atomic E-state index is 6.36. The average Bonchev–Trinajstić information content (AvgIpc) is 2.69. The first-order valence-corrected chi connectivity index (χ1v) is 10.0. The highest BCUT2D eigenvalue weighted by Gasteiger charge is 2.17. The number of para-hydroxylation sites is 1. The summed E-state index contributed by atoms with van der Waals surface area (Å²) in [5, 5.41) is 4.27. The lowest BCUT2D eigenvalue weighted by Crippen LogP contribution is -2.30. The fourth-order valence-corrected chi connectivity index (χ4v) is 4.02. The van der Waals surface area contributed by atoms with Crippen molar-refractivity contribution in [2.24, 2.45) is 4.99 Å². The molecule has 5 heteroatoms. The molecule has 2 N–H and O–H groups in total. The van der Waals surface area contributed by atoms with Crippen molar-refractivity contribution >= 4 is 35.2 Å². The Morgan fingerprint density at radius 3 is 2.44 bits per heavy atom. The summed E-state index contributed by atoms with van der Waals surface area (Å²) in [5.41, 5.74) is 5.91. The molecule has 1 heterocycles. The molecule has 0 radical (unpaired) electrons. The lowest BCUT2D eigenvalue weighted by Gasteiger charge is -2.23. The van der Waals surface area contributed by atoms with Crippen LogP contribution in [0.2, 0.25) is 5.02 Å². The third-order valence-corrected chi connectivity index (χ3v) is 5.85. The molecule has 4 rings (SSSR count). The molecular formula is C22H20ClN3S. The molecule has 0 fully saturated rings. The van der Waals surface area contributed by atoms with Gasteiger partial charge in [0.25, 0.3) is 0 Å². The largest absolute Gasteiger partial charge is 0.324 e. The molecule has 1 aliphatic heterocycles. The standard InChI is InChI=1S/C22H20ClN3S/c1-15-7-2-3-9-18(15)14-24-22-25-21-17(10-6-12-20(21)27-26-22)13-16-8-4-5-11-19(16)23/h2-12H,13-14H2,1H3,(H2,24,25,26). The van der Waals surface area contributed by atoms with E-state index in [0.29, 0.717) is 6.54 Å². The quantitative estimate of drug-likeness (QED) is 0.548. The van der Waals surface area contributed by atoms with Crippen molar-refractivity contribution in [1.29, 1.82) is 0 Å². The fourth-order valence-electron chi connectivity index (χ4n) is 3.07. The van der Waals surface area contributed by atoms with Crippen molar-refractivity contribution in [2.75, 3.05) is 5.32 Å². The van der Waals surface area contributed by atoms with Crippen molar-refractivity contribution in [3.05, 3.63) is 94.0 Å². The lowest BCUT2D eigenvalue weighted by atomic mass is 10.0. The Morgan fingerprint density at radius 2 is 1.63 bits per heavy atom. The molecule has 3 nitrogen and oxygen atoms in total. The molecule has 0 unspecified atom stereocenters. The second-order valence-corrected chi connectivity index (χ2v) is 7.73. The minimum atomic E-state index is 0.643. The van der Waals surface area contributed by atoms with Crippen molar-refractivity contribution < 1.29 is 0 Å². The normalized spacial score (nSPS) is 14.4. The van der Waals surface area contributed by atoms with Crippen LogP contribution in [0.1, 0.15) is 22.3 Å². The van der Waals surface area contributed by atoms with Gasteiger partial charge >= 0.3 is 0 Å². The van der Waals surface area contributed by atoms with Gasteiger partial charge in [0.15, 0.2) is 0 Å². The predicted molar refractivity (Wildman–Crippen MR) is 116 cm³/mol. The zero-order valence-corrected chi connectivity index (χ0v) is 16.6. The third-order valence-electron chi connectivity index (χ3n) is 4.62. The second kappa shape index (κ2) is 8.07. The molecule has 0 aromatic heterocycles. The molecule has 0 saturated heterocycles. The number of aryl methyl sites for hydroxylation is 1. The first kappa shape index (κ1) is 18.0. The minimum Gasteiger partial charge on any atom is -0.324 e. The zero-order chi connectivity index (χ0) is 18.6. The molecule has 3 aromatic carbocycles. The molecule has 1 aliphatic rings. The van der Waals surface area contributed by atoms with Crippen LogP contribution in [-0.4, -0.2) is 5.96 Å². The highest BCUT2D eigenvalue weighted by atomic mass is 35.5. The van der Waals surface area contributed by atoms with Gasteiger partial charge in [0, 0.05) is 11.4 Å². The summed E-state index contributed by atoms with van der Waals surface area (Å²) >= 11 is 7.95. The average molecular weight is 394 g/mol. The van der Waals surface area contributed by atoms with Gasteiger partial charge in [-0.1, -0.05) is 66.2 Å². The van der Waals surface area contributed by atoms with Crippen molar-refractivity contribution in [2.45, 2.75) is 24.8 Å². The number of nitrogens with one attached hydrogen (secondary N) is 2. The van der Waals surface area contributed by atoms with Gasteiger partial charge in [0.2, 0.25) is 5.96 Å². The second-order valence-electron chi connectivity index (χ2n) is 6.48. The van der Waals surface area contributed by atoms with Crippen LogP contribution in [0.25, 0.3) is 0 Å². The van der Waals surface area contributed by atoms with E-state index in [4.69, 9.17) is 16.6 Å². The Labute approximate surface area is 169 Å². The van der Waals surface area contributed by atoms with Crippen LogP contribution in [0, 0.1) is 6.92 Å². The summed E-state index contributed by atoms with van der Waals surface area (Å²) in [7, 11) is 0. The predicted octanol–water partition coefficient (Wildman–Crippen LogP) is 5.82. The molecule has 0 saturated carbocycles. The Bertz CT molecular complexity index is 1000. The number of nitrogens with zero attached hydrogens (tertiary/aromatic N) is 1. The van der Waals surface area contributed by atoms with Gasteiger partial charge < -0.3 is 5.32 Å². The molecule has 3 aromatic rings. The molecule has 0 bridgehead atoms. The van der Waals surface area contributed by atoms with E-state index in [9.17, 15) is 0 Å². The van der Waals surface area contributed by atoms with Crippen LogP contribution in [0.15, 0.2) is 76.6 Å². The van der Waals surface area contributed by atoms with Crippen LogP contribution >= 0.6 is 23.5 Å². The molecule has 0 spiro atoms. The lowest BCUT2D eigenvalue weighted by molar-refractivity contribution is 1.03.